The highest BCUT2D eigenvalue weighted by atomic mass is 32.1. The predicted octanol–water partition coefficient (Wildman–Crippen LogP) is 3.51. The van der Waals surface area contributed by atoms with Crippen LogP contribution < -0.4 is 0 Å². The average Bonchev–Trinajstić information content (AvgIpc) is 2.76. The Labute approximate surface area is 98.6 Å². The summed E-state index contributed by atoms with van der Waals surface area (Å²) in [5.74, 6) is -0.921. The van der Waals surface area contributed by atoms with E-state index in [1.54, 1.807) is 42.5 Å². The lowest BCUT2D eigenvalue weighted by atomic mass is 10.1. The number of allylic oxidation sites excluding steroid dienone is 6. The van der Waals surface area contributed by atoms with E-state index >= 15 is 0 Å². The Morgan fingerprint density at radius 3 is 2.62 bits per heavy atom. The summed E-state index contributed by atoms with van der Waals surface area (Å²) in [5.41, 5.74) is 1.03. The number of carbonyl (C=O) groups is 1. The topological polar surface area (TPSA) is 37.3 Å². The van der Waals surface area contributed by atoms with Gasteiger partial charge in [0.15, 0.2) is 0 Å². The van der Waals surface area contributed by atoms with Gasteiger partial charge in [-0.15, -0.1) is 0 Å². The third kappa shape index (κ3) is 3.71. The fourth-order valence-electron chi connectivity index (χ4n) is 1.07. The summed E-state index contributed by atoms with van der Waals surface area (Å²) in [4.78, 5) is 11.0. The summed E-state index contributed by atoms with van der Waals surface area (Å²) >= 11 is 1.48. The van der Waals surface area contributed by atoms with E-state index < -0.39 is 5.97 Å². The zero-order valence-corrected chi connectivity index (χ0v) is 9.48. The van der Waals surface area contributed by atoms with E-state index in [2.05, 4.69) is 6.58 Å². The fourth-order valence-corrected chi connectivity index (χ4v) is 1.72. The lowest BCUT2D eigenvalue weighted by Crippen LogP contribution is -1.97. The minimum atomic E-state index is -0.921. The molecule has 0 fully saturated rings. The maximum Gasteiger partial charge on any atom is 0.336 e. The van der Waals surface area contributed by atoms with Crippen LogP contribution in [0, 0.1) is 0 Å². The van der Waals surface area contributed by atoms with Crippen LogP contribution in [0.4, 0.5) is 0 Å². The third-order valence-electron chi connectivity index (χ3n) is 1.79. The molecule has 0 spiro atoms. The largest absolute Gasteiger partial charge is 0.478 e. The SMILES string of the molecule is C=CC=CC=CC=C(C(=O)O)c1ccsc1. The lowest BCUT2D eigenvalue weighted by molar-refractivity contribution is -0.130. The van der Waals surface area contributed by atoms with Crippen LogP contribution in [0.5, 0.6) is 0 Å². The molecule has 0 unspecified atom stereocenters. The van der Waals surface area contributed by atoms with Crippen molar-refractivity contribution < 1.29 is 9.90 Å². The van der Waals surface area contributed by atoms with Crippen LogP contribution in [0.3, 0.4) is 0 Å². The first kappa shape index (κ1) is 12.2. The van der Waals surface area contributed by atoms with E-state index in [1.165, 1.54) is 11.3 Å². The minimum absolute atomic E-state index is 0.296. The van der Waals surface area contributed by atoms with Gasteiger partial charge in [-0.2, -0.15) is 11.3 Å². The van der Waals surface area contributed by atoms with E-state index in [0.717, 1.165) is 5.56 Å². The molecule has 0 aliphatic heterocycles. The Hall–Kier alpha value is -1.87. The highest BCUT2D eigenvalue weighted by Gasteiger charge is 2.08. The van der Waals surface area contributed by atoms with E-state index in [0.29, 0.717) is 5.57 Å². The molecule has 0 amide bonds. The van der Waals surface area contributed by atoms with Gasteiger partial charge in [-0.05, 0) is 28.5 Å². The summed E-state index contributed by atoms with van der Waals surface area (Å²) in [5, 5.41) is 12.7. The molecule has 1 aromatic rings. The number of carboxylic acid groups (broad SMARTS) is 1. The normalized spacial score (nSPS) is 12.4. The monoisotopic (exact) mass is 232 g/mol. The molecule has 1 aromatic heterocycles. The molecular formula is C13H12O2S. The van der Waals surface area contributed by atoms with Crippen molar-refractivity contribution in [2.45, 2.75) is 0 Å². The van der Waals surface area contributed by atoms with Crippen LogP contribution in [0.2, 0.25) is 0 Å². The van der Waals surface area contributed by atoms with E-state index in [4.69, 9.17) is 5.11 Å². The summed E-state index contributed by atoms with van der Waals surface area (Å²) in [6.45, 7) is 3.53. The molecule has 0 radical (unpaired) electrons. The first-order chi connectivity index (χ1) is 7.75. The summed E-state index contributed by atoms with van der Waals surface area (Å²) in [6.07, 6.45) is 10.3. The zero-order chi connectivity index (χ0) is 11.8. The Morgan fingerprint density at radius 1 is 1.31 bits per heavy atom. The highest BCUT2D eigenvalue weighted by Crippen LogP contribution is 2.17. The molecule has 0 saturated heterocycles. The van der Waals surface area contributed by atoms with E-state index in [9.17, 15) is 4.79 Å². The molecule has 0 atom stereocenters. The Bertz CT molecular complexity index is 437. The third-order valence-corrected chi connectivity index (χ3v) is 2.48. The van der Waals surface area contributed by atoms with Crippen LogP contribution >= 0.6 is 11.3 Å². The first-order valence-electron chi connectivity index (χ1n) is 4.67. The van der Waals surface area contributed by atoms with Gasteiger partial charge in [-0.25, -0.2) is 4.79 Å². The predicted molar refractivity (Wildman–Crippen MR) is 68.4 cm³/mol. The van der Waals surface area contributed by atoms with Crippen molar-refractivity contribution in [1.82, 2.24) is 0 Å². The Morgan fingerprint density at radius 2 is 2.06 bits per heavy atom. The lowest BCUT2D eigenvalue weighted by Gasteiger charge is -1.95. The quantitative estimate of drug-likeness (QED) is 0.623. The van der Waals surface area contributed by atoms with Crippen molar-refractivity contribution in [3.05, 3.63) is 65.4 Å². The van der Waals surface area contributed by atoms with Gasteiger partial charge >= 0.3 is 5.97 Å². The summed E-state index contributed by atoms with van der Waals surface area (Å²) < 4.78 is 0. The van der Waals surface area contributed by atoms with Crippen molar-refractivity contribution in [2.24, 2.45) is 0 Å². The number of hydrogen-bond donors (Lipinski definition) is 1. The van der Waals surface area contributed by atoms with Crippen molar-refractivity contribution in [1.29, 1.82) is 0 Å². The van der Waals surface area contributed by atoms with Crippen molar-refractivity contribution in [3.63, 3.8) is 0 Å². The molecule has 1 N–H and O–H groups in total. The number of thiophene rings is 1. The van der Waals surface area contributed by atoms with Crippen LogP contribution in [0.15, 0.2) is 59.9 Å². The summed E-state index contributed by atoms with van der Waals surface area (Å²) in [6, 6.07) is 1.79. The maximum atomic E-state index is 11.0. The van der Waals surface area contributed by atoms with Crippen LogP contribution in [0.1, 0.15) is 5.56 Å². The van der Waals surface area contributed by atoms with Crippen molar-refractivity contribution >= 4 is 22.9 Å². The van der Waals surface area contributed by atoms with Crippen LogP contribution in [0.25, 0.3) is 5.57 Å². The Kier molecular flexibility index (Phi) is 5.02. The zero-order valence-electron chi connectivity index (χ0n) is 8.67. The molecule has 0 aromatic carbocycles. The van der Waals surface area contributed by atoms with Crippen LogP contribution in [-0.4, -0.2) is 11.1 Å². The molecule has 2 nitrogen and oxygen atoms in total. The number of aliphatic carboxylic acids is 1. The van der Waals surface area contributed by atoms with Gasteiger partial charge in [0.2, 0.25) is 0 Å². The molecule has 16 heavy (non-hydrogen) atoms. The molecule has 0 saturated carbocycles. The molecule has 0 aliphatic rings. The summed E-state index contributed by atoms with van der Waals surface area (Å²) in [7, 11) is 0. The van der Waals surface area contributed by atoms with Gasteiger partial charge in [-0.3, -0.25) is 0 Å². The van der Waals surface area contributed by atoms with Crippen molar-refractivity contribution in [3.8, 4) is 0 Å². The average molecular weight is 232 g/mol. The van der Waals surface area contributed by atoms with Crippen molar-refractivity contribution in [2.75, 3.05) is 0 Å². The van der Waals surface area contributed by atoms with E-state index in [1.807, 2.05) is 10.8 Å². The minimum Gasteiger partial charge on any atom is -0.478 e. The standard InChI is InChI=1S/C13H12O2S/c1-2-3-4-5-6-7-12(13(14)15)11-8-9-16-10-11/h2-10H,1H2,(H,14,15). The van der Waals surface area contributed by atoms with Gasteiger partial charge in [0.05, 0.1) is 5.57 Å². The second kappa shape index (κ2) is 6.58. The molecule has 1 rings (SSSR count). The smallest absolute Gasteiger partial charge is 0.336 e. The fraction of sp³-hybridized carbons (Fsp3) is 0. The molecule has 0 bridgehead atoms. The van der Waals surface area contributed by atoms with Gasteiger partial charge in [0.25, 0.3) is 0 Å². The number of carboxylic acids is 1. The van der Waals surface area contributed by atoms with Gasteiger partial charge < -0.3 is 5.11 Å². The maximum absolute atomic E-state index is 11.0. The molecule has 1 heterocycles. The van der Waals surface area contributed by atoms with Crippen LogP contribution in [-0.2, 0) is 4.79 Å². The molecule has 0 aliphatic carbocycles. The first-order valence-corrected chi connectivity index (χ1v) is 5.62. The van der Waals surface area contributed by atoms with E-state index in [-0.39, 0.29) is 0 Å². The second-order valence-corrected chi connectivity index (χ2v) is 3.68. The number of rotatable bonds is 5. The Balaban J connectivity index is 2.83. The number of hydrogen-bond acceptors (Lipinski definition) is 2. The molecular weight excluding hydrogens is 220 g/mol. The molecule has 3 heteroatoms. The molecule has 82 valence electrons. The van der Waals surface area contributed by atoms with Gasteiger partial charge in [0.1, 0.15) is 0 Å². The highest BCUT2D eigenvalue weighted by molar-refractivity contribution is 7.08. The van der Waals surface area contributed by atoms with Gasteiger partial charge in [0, 0.05) is 0 Å². The van der Waals surface area contributed by atoms with Gasteiger partial charge in [-0.1, -0.05) is 37.0 Å². The second-order valence-electron chi connectivity index (χ2n) is 2.90.